The molecular weight excluding hydrogens is 238 g/mol. The van der Waals surface area contributed by atoms with Gasteiger partial charge in [-0.3, -0.25) is 0 Å². The Morgan fingerprint density at radius 1 is 0.706 bits per heavy atom. The van der Waals surface area contributed by atoms with Gasteiger partial charge in [0.2, 0.25) is 0 Å². The van der Waals surface area contributed by atoms with Gasteiger partial charge in [0.1, 0.15) is 0 Å². The van der Waals surface area contributed by atoms with Gasteiger partial charge in [0.05, 0.1) is 5.09 Å². The van der Waals surface area contributed by atoms with E-state index in [4.69, 9.17) is 30.6 Å². The Balaban J connectivity index is -0.00000000989. The largest absolute Gasteiger partial charge is 0.855 e. The predicted octanol–water partition coefficient (Wildman–Crippen LogP) is -0.634. The average molecular weight is 269 g/mol. The summed E-state index contributed by atoms with van der Waals surface area (Å²) in [4.78, 5) is 8.25. The molecule has 0 unspecified atom stereocenters. The summed E-state index contributed by atoms with van der Waals surface area (Å²) in [6.45, 7) is 4.71. The lowest BCUT2D eigenvalue weighted by molar-refractivity contribution is -0.402. The van der Waals surface area contributed by atoms with Crippen molar-refractivity contribution in [1.82, 2.24) is 24.6 Å². The summed E-state index contributed by atoms with van der Waals surface area (Å²) in [5.74, 6) is 0. The quantitative estimate of drug-likeness (QED) is 0.327. The van der Waals surface area contributed by atoms with Crippen molar-refractivity contribution in [2.45, 2.75) is 20.8 Å². The Bertz CT molecular complexity index is 71.2. The molecule has 0 aromatic rings. The monoisotopic (exact) mass is 269 g/mol. The highest BCUT2D eigenvalue weighted by molar-refractivity contribution is 4.03. The SMILES string of the molecule is CC[O-].CC[O-].CC[O-].O=[N+]([O-])[O-].[NH4+].[NH4+].[NH4+].[NH4+]. The van der Waals surface area contributed by atoms with Crippen LogP contribution in [0.4, 0.5) is 0 Å². The van der Waals surface area contributed by atoms with Gasteiger partial charge in [-0.05, 0) is 0 Å². The molecule has 0 saturated heterocycles. The molecule has 0 aliphatic heterocycles. The van der Waals surface area contributed by atoms with Gasteiger partial charge >= 0.3 is 0 Å². The van der Waals surface area contributed by atoms with Gasteiger partial charge in [-0.1, -0.05) is 20.8 Å². The molecule has 0 fully saturated rings. The lowest BCUT2D eigenvalue weighted by Crippen LogP contribution is -1.97. The van der Waals surface area contributed by atoms with E-state index in [0.717, 1.165) is 0 Å². The molecule has 17 heavy (non-hydrogen) atoms. The van der Waals surface area contributed by atoms with Crippen molar-refractivity contribution in [3.8, 4) is 0 Å². The van der Waals surface area contributed by atoms with Gasteiger partial charge in [-0.15, -0.1) is 19.8 Å². The van der Waals surface area contributed by atoms with E-state index >= 15 is 0 Å². The Labute approximate surface area is 102 Å². The van der Waals surface area contributed by atoms with Gasteiger partial charge < -0.3 is 55.2 Å². The van der Waals surface area contributed by atoms with E-state index < -0.39 is 5.09 Å². The van der Waals surface area contributed by atoms with Gasteiger partial charge in [-0.2, -0.15) is 0 Å². The molecule has 0 aliphatic rings. The fourth-order valence-electron chi connectivity index (χ4n) is 0. The first-order valence-electron chi connectivity index (χ1n) is 3.54. The van der Waals surface area contributed by atoms with E-state index in [-0.39, 0.29) is 44.4 Å². The van der Waals surface area contributed by atoms with Crippen LogP contribution < -0.4 is 39.9 Å². The lowest BCUT2D eigenvalue weighted by Gasteiger charge is -1.79. The van der Waals surface area contributed by atoms with E-state index in [9.17, 15) is 0 Å². The molecular formula is C6H31N5O6. The molecule has 0 aliphatic carbocycles. The van der Waals surface area contributed by atoms with E-state index in [1.807, 2.05) is 0 Å². The molecule has 0 amide bonds. The number of hydrogen-bond acceptors (Lipinski definition) is 6. The summed E-state index contributed by atoms with van der Waals surface area (Å²) in [6, 6.07) is 0. The van der Waals surface area contributed by atoms with Crippen LogP contribution in [-0.4, -0.2) is 24.9 Å². The maximum atomic E-state index is 8.93. The van der Waals surface area contributed by atoms with Crippen LogP contribution in [0.25, 0.3) is 0 Å². The topological polar surface area (TPSA) is 281 Å². The first-order chi connectivity index (χ1) is 5.97. The highest BCUT2D eigenvalue weighted by Gasteiger charge is 1.45. The summed E-state index contributed by atoms with van der Waals surface area (Å²) in [5.41, 5.74) is 0. The second-order valence-electron chi connectivity index (χ2n) is 1.09. The Kier molecular flexibility index (Phi) is 397. The summed E-state index contributed by atoms with van der Waals surface area (Å²) in [5, 5.41) is 41.5. The minimum absolute atomic E-state index is 0. The third-order valence-corrected chi connectivity index (χ3v) is 0. The number of rotatable bonds is 0. The van der Waals surface area contributed by atoms with Crippen LogP contribution >= 0.6 is 0 Å². The van der Waals surface area contributed by atoms with E-state index in [1.54, 1.807) is 20.8 Å². The van der Waals surface area contributed by atoms with E-state index in [2.05, 4.69) is 0 Å². The molecule has 0 aromatic heterocycles. The summed E-state index contributed by atoms with van der Waals surface area (Å²) in [6.07, 6.45) is 0. The molecule has 0 atom stereocenters. The molecule has 0 rings (SSSR count). The third-order valence-electron chi connectivity index (χ3n) is 0. The average Bonchev–Trinajstić information content (AvgIpc) is 1.88. The van der Waals surface area contributed by atoms with Crippen LogP contribution in [0.15, 0.2) is 0 Å². The lowest BCUT2D eigenvalue weighted by atomic mass is 10.9. The number of quaternary nitrogens is 4. The van der Waals surface area contributed by atoms with Crippen LogP contribution in [0, 0.1) is 15.3 Å². The van der Waals surface area contributed by atoms with Crippen LogP contribution in [0.1, 0.15) is 20.8 Å². The van der Waals surface area contributed by atoms with Crippen molar-refractivity contribution in [2.75, 3.05) is 19.8 Å². The fourth-order valence-corrected chi connectivity index (χ4v) is 0. The van der Waals surface area contributed by atoms with Crippen molar-refractivity contribution in [3.63, 3.8) is 0 Å². The molecule has 0 aromatic carbocycles. The maximum absolute atomic E-state index is 8.93. The maximum Gasteiger partial charge on any atom is 0.0689 e. The standard InChI is InChI=1S/3C2H5O.NO3.4H3N/c3*1-2-3;2-1(3)4;;;;/h3*2H2,1H3;;4*1H3/q4*-1;;;;/p+4. The van der Waals surface area contributed by atoms with Gasteiger partial charge in [0, 0.05) is 0 Å². The number of hydrogen-bond donors (Lipinski definition) is 4. The summed E-state index contributed by atoms with van der Waals surface area (Å²) < 4.78 is 0. The highest BCUT2D eigenvalue weighted by Crippen LogP contribution is 1.44. The molecule has 0 saturated carbocycles. The smallest absolute Gasteiger partial charge is 0.0689 e. The molecule has 0 heterocycles. The van der Waals surface area contributed by atoms with E-state index in [0.29, 0.717) is 0 Å². The molecule has 16 N–H and O–H groups in total. The first kappa shape index (κ1) is 56.5. The fraction of sp³-hybridized carbons (Fsp3) is 1.00. The van der Waals surface area contributed by atoms with Crippen molar-refractivity contribution >= 4 is 0 Å². The normalized spacial score (nSPS) is 4.59. The zero-order chi connectivity index (χ0) is 11.7. The minimum Gasteiger partial charge on any atom is -0.855 e. The second kappa shape index (κ2) is 119. The highest BCUT2D eigenvalue weighted by atomic mass is 16.9. The Morgan fingerprint density at radius 2 is 0.706 bits per heavy atom. The van der Waals surface area contributed by atoms with Gasteiger partial charge in [-0.25, -0.2) is 0 Å². The molecule has 116 valence electrons. The van der Waals surface area contributed by atoms with Gasteiger partial charge in [0.25, 0.3) is 0 Å². The number of nitrogens with zero attached hydrogens (tertiary/aromatic N) is 1. The first-order valence-corrected chi connectivity index (χ1v) is 3.54. The molecule has 11 heteroatoms. The van der Waals surface area contributed by atoms with Crippen LogP contribution in [0.3, 0.4) is 0 Å². The van der Waals surface area contributed by atoms with Crippen LogP contribution in [-0.2, 0) is 0 Å². The van der Waals surface area contributed by atoms with Crippen molar-refractivity contribution in [2.24, 2.45) is 0 Å². The van der Waals surface area contributed by atoms with E-state index in [1.165, 1.54) is 0 Å². The minimum atomic E-state index is -1.75. The van der Waals surface area contributed by atoms with Crippen molar-refractivity contribution < 1.29 is 20.4 Å². The second-order valence-corrected chi connectivity index (χ2v) is 1.09. The zero-order valence-corrected chi connectivity index (χ0v) is 12.0. The van der Waals surface area contributed by atoms with Crippen LogP contribution in [0.5, 0.6) is 0 Å². The third kappa shape index (κ3) is 2140. The van der Waals surface area contributed by atoms with Crippen LogP contribution in [0.2, 0.25) is 0 Å². The summed E-state index contributed by atoms with van der Waals surface area (Å²) in [7, 11) is 0. The molecule has 0 radical (unpaired) electrons. The molecule has 0 bridgehead atoms. The Morgan fingerprint density at radius 3 is 0.706 bits per heavy atom. The Hall–Kier alpha value is -1.08. The van der Waals surface area contributed by atoms with Gasteiger partial charge in [0.15, 0.2) is 0 Å². The predicted molar refractivity (Wildman–Crippen MR) is 65.9 cm³/mol. The molecule has 11 nitrogen and oxygen atoms in total. The van der Waals surface area contributed by atoms with Crippen molar-refractivity contribution in [3.05, 3.63) is 15.3 Å². The zero-order valence-electron chi connectivity index (χ0n) is 12.0. The summed E-state index contributed by atoms with van der Waals surface area (Å²) >= 11 is 0. The molecule has 0 spiro atoms. The van der Waals surface area contributed by atoms with Crippen molar-refractivity contribution in [1.29, 1.82) is 0 Å².